The van der Waals surface area contributed by atoms with Crippen molar-refractivity contribution >= 4 is 17.7 Å². The quantitative estimate of drug-likeness (QED) is 0.571. The molecule has 1 aromatic heterocycles. The molecule has 3 aromatic rings. The largest absolute Gasteiger partial charge is 0.353 e. The minimum atomic E-state index is -0.300. The van der Waals surface area contributed by atoms with Crippen LogP contribution in [0.5, 0.6) is 0 Å². The average molecular weight is 410 g/mol. The molecule has 2 atom stereocenters. The second-order valence-electron chi connectivity index (χ2n) is 7.34. The van der Waals surface area contributed by atoms with E-state index in [1.54, 1.807) is 4.68 Å². The third-order valence-corrected chi connectivity index (χ3v) is 5.96. The van der Waals surface area contributed by atoms with Crippen molar-refractivity contribution in [3.8, 4) is 5.69 Å². The lowest BCUT2D eigenvalue weighted by Gasteiger charge is -2.17. The molecule has 1 N–H and O–H groups in total. The van der Waals surface area contributed by atoms with E-state index in [-0.39, 0.29) is 17.2 Å². The number of aromatic nitrogens is 4. The van der Waals surface area contributed by atoms with Gasteiger partial charge in [-0.25, -0.2) is 0 Å². The van der Waals surface area contributed by atoms with E-state index in [1.165, 1.54) is 28.5 Å². The molecule has 0 bridgehead atoms. The normalized spacial score (nSPS) is 13.1. The van der Waals surface area contributed by atoms with Gasteiger partial charge in [0, 0.05) is 6.04 Å². The zero-order valence-corrected chi connectivity index (χ0v) is 18.1. The lowest BCUT2D eigenvalue weighted by molar-refractivity contribution is -0.120. The lowest BCUT2D eigenvalue weighted by Crippen LogP contribution is -2.38. The molecule has 29 heavy (non-hydrogen) atoms. The van der Waals surface area contributed by atoms with Crippen molar-refractivity contribution in [2.24, 2.45) is 0 Å². The molecule has 7 heteroatoms. The number of carbonyl (C=O) groups is 1. The molecule has 0 radical (unpaired) electrons. The molecule has 1 amide bonds. The highest BCUT2D eigenvalue weighted by atomic mass is 32.2. The Morgan fingerprint density at radius 2 is 1.86 bits per heavy atom. The topological polar surface area (TPSA) is 72.7 Å². The lowest BCUT2D eigenvalue weighted by atomic mass is 10.1. The smallest absolute Gasteiger partial charge is 0.233 e. The van der Waals surface area contributed by atoms with E-state index in [2.05, 4.69) is 46.8 Å². The predicted octanol–water partition coefficient (Wildman–Crippen LogP) is 3.90. The molecule has 3 rings (SSSR count). The van der Waals surface area contributed by atoms with Crippen LogP contribution in [0.15, 0.2) is 53.7 Å². The number of carbonyl (C=O) groups excluding carboxylic acids is 1. The molecule has 1 heterocycles. The Morgan fingerprint density at radius 1 is 1.10 bits per heavy atom. The number of thioether (sulfide) groups is 1. The van der Waals surface area contributed by atoms with Crippen molar-refractivity contribution in [1.82, 2.24) is 25.5 Å². The third kappa shape index (κ3) is 5.67. The van der Waals surface area contributed by atoms with Crippen molar-refractivity contribution < 1.29 is 4.79 Å². The van der Waals surface area contributed by atoms with Gasteiger partial charge >= 0.3 is 0 Å². The first-order valence-corrected chi connectivity index (χ1v) is 10.7. The standard InChI is InChI=1S/C22H27N5OS/c1-15-10-13-20(14-16(15)2)27-22(24-25-26-27)29-18(4)21(28)23-17(3)11-12-19-8-6-5-7-9-19/h5-10,13-14,17-18H,11-12H2,1-4H3,(H,23,28)/t17-,18-/m1/s1. The molecule has 0 aliphatic rings. The van der Waals surface area contributed by atoms with Gasteiger partial charge in [-0.15, -0.1) is 5.10 Å². The highest BCUT2D eigenvalue weighted by Crippen LogP contribution is 2.24. The van der Waals surface area contributed by atoms with Crippen LogP contribution in [0.4, 0.5) is 0 Å². The Bertz CT molecular complexity index is 957. The number of rotatable bonds is 8. The maximum Gasteiger partial charge on any atom is 0.233 e. The van der Waals surface area contributed by atoms with Crippen molar-refractivity contribution in [3.05, 3.63) is 65.2 Å². The molecule has 0 saturated heterocycles. The second kappa shape index (κ2) is 9.69. The van der Waals surface area contributed by atoms with Gasteiger partial charge in [-0.3, -0.25) is 4.79 Å². The molecule has 0 fully saturated rings. The van der Waals surface area contributed by atoms with E-state index in [0.29, 0.717) is 5.16 Å². The fourth-order valence-corrected chi connectivity index (χ4v) is 3.76. The summed E-state index contributed by atoms with van der Waals surface area (Å²) in [7, 11) is 0. The predicted molar refractivity (Wildman–Crippen MR) is 116 cm³/mol. The monoisotopic (exact) mass is 409 g/mol. The van der Waals surface area contributed by atoms with Gasteiger partial charge in [0.15, 0.2) is 0 Å². The number of hydrogen-bond acceptors (Lipinski definition) is 5. The Labute approximate surface area is 176 Å². The van der Waals surface area contributed by atoms with Crippen molar-refractivity contribution in [3.63, 3.8) is 0 Å². The Balaban J connectivity index is 1.57. The van der Waals surface area contributed by atoms with E-state index < -0.39 is 0 Å². The summed E-state index contributed by atoms with van der Waals surface area (Å²) in [5, 5.41) is 15.4. The minimum Gasteiger partial charge on any atom is -0.353 e. The summed E-state index contributed by atoms with van der Waals surface area (Å²) in [4.78, 5) is 12.6. The highest BCUT2D eigenvalue weighted by molar-refractivity contribution is 8.00. The molecule has 0 aliphatic heterocycles. The van der Waals surface area contributed by atoms with Gasteiger partial charge in [-0.05, 0) is 79.8 Å². The number of hydrogen-bond donors (Lipinski definition) is 1. The second-order valence-corrected chi connectivity index (χ2v) is 8.64. The van der Waals surface area contributed by atoms with E-state index in [9.17, 15) is 4.79 Å². The SMILES string of the molecule is Cc1ccc(-n2nnnc2S[C@H](C)C(=O)N[C@H](C)CCc2ccccc2)cc1C. The van der Waals surface area contributed by atoms with Crippen LogP contribution in [0.25, 0.3) is 5.69 Å². The molecular weight excluding hydrogens is 382 g/mol. The number of benzene rings is 2. The van der Waals surface area contributed by atoms with E-state index in [0.717, 1.165) is 18.5 Å². The van der Waals surface area contributed by atoms with Crippen LogP contribution in [0.1, 0.15) is 37.0 Å². The number of nitrogens with zero attached hydrogens (tertiary/aromatic N) is 4. The maximum absolute atomic E-state index is 12.6. The molecule has 0 spiro atoms. The molecular formula is C22H27N5OS. The Hall–Kier alpha value is -2.67. The molecule has 6 nitrogen and oxygen atoms in total. The highest BCUT2D eigenvalue weighted by Gasteiger charge is 2.20. The van der Waals surface area contributed by atoms with Gasteiger partial charge in [0.2, 0.25) is 11.1 Å². The van der Waals surface area contributed by atoms with Gasteiger partial charge in [0.05, 0.1) is 10.9 Å². The molecule has 2 aromatic carbocycles. The zero-order chi connectivity index (χ0) is 20.8. The summed E-state index contributed by atoms with van der Waals surface area (Å²) in [6, 6.07) is 16.5. The van der Waals surface area contributed by atoms with Crippen LogP contribution in [0.3, 0.4) is 0 Å². The minimum absolute atomic E-state index is 0.00908. The van der Waals surface area contributed by atoms with Gasteiger partial charge in [0.1, 0.15) is 0 Å². The Morgan fingerprint density at radius 3 is 2.59 bits per heavy atom. The number of amides is 1. The number of tetrazole rings is 1. The summed E-state index contributed by atoms with van der Waals surface area (Å²) < 4.78 is 1.68. The van der Waals surface area contributed by atoms with Crippen molar-refractivity contribution in [1.29, 1.82) is 0 Å². The Kier molecular flexibility index (Phi) is 7.04. The fraction of sp³-hybridized carbons (Fsp3) is 0.364. The summed E-state index contributed by atoms with van der Waals surface area (Å²) in [6.45, 7) is 8.04. The summed E-state index contributed by atoms with van der Waals surface area (Å²) in [5.41, 5.74) is 4.56. The van der Waals surface area contributed by atoms with Gasteiger partial charge < -0.3 is 5.32 Å². The van der Waals surface area contributed by atoms with Crippen LogP contribution in [0.2, 0.25) is 0 Å². The first-order valence-electron chi connectivity index (χ1n) is 9.81. The fourth-order valence-electron chi connectivity index (χ4n) is 2.94. The first kappa shape index (κ1) is 21.0. The van der Waals surface area contributed by atoms with Crippen LogP contribution in [0, 0.1) is 13.8 Å². The summed E-state index contributed by atoms with van der Waals surface area (Å²) >= 11 is 1.36. The van der Waals surface area contributed by atoms with Crippen LogP contribution >= 0.6 is 11.8 Å². The van der Waals surface area contributed by atoms with Crippen molar-refractivity contribution in [2.75, 3.05) is 0 Å². The average Bonchev–Trinajstić information content (AvgIpc) is 3.17. The van der Waals surface area contributed by atoms with Crippen molar-refractivity contribution in [2.45, 2.75) is 57.0 Å². The number of aryl methyl sites for hydroxylation is 3. The first-order chi connectivity index (χ1) is 13.9. The zero-order valence-electron chi connectivity index (χ0n) is 17.3. The van der Waals surface area contributed by atoms with Crippen LogP contribution in [-0.2, 0) is 11.2 Å². The van der Waals surface area contributed by atoms with E-state index in [1.807, 2.05) is 50.2 Å². The molecule has 152 valence electrons. The molecule has 0 unspecified atom stereocenters. The number of nitrogens with one attached hydrogen (secondary N) is 1. The van der Waals surface area contributed by atoms with Gasteiger partial charge in [-0.1, -0.05) is 48.2 Å². The van der Waals surface area contributed by atoms with Crippen LogP contribution in [-0.4, -0.2) is 37.4 Å². The molecule has 0 saturated carbocycles. The molecule has 0 aliphatic carbocycles. The van der Waals surface area contributed by atoms with E-state index >= 15 is 0 Å². The summed E-state index contributed by atoms with van der Waals surface area (Å²) in [6.07, 6.45) is 1.84. The van der Waals surface area contributed by atoms with Gasteiger partial charge in [0.25, 0.3) is 0 Å². The summed E-state index contributed by atoms with van der Waals surface area (Å²) in [5.74, 6) is -0.00908. The van der Waals surface area contributed by atoms with E-state index in [4.69, 9.17) is 0 Å². The maximum atomic E-state index is 12.6. The third-order valence-electron chi connectivity index (χ3n) is 4.92. The van der Waals surface area contributed by atoms with Gasteiger partial charge in [-0.2, -0.15) is 4.68 Å². The van der Waals surface area contributed by atoms with Crippen LogP contribution < -0.4 is 5.32 Å².